The molecule has 0 bridgehead atoms. The number of carbonyl (C=O) groups is 2. The first-order valence-corrected chi connectivity index (χ1v) is 7.16. The number of rotatable bonds is 4. The van der Waals surface area contributed by atoms with Gasteiger partial charge in [-0.15, -0.1) is 0 Å². The van der Waals surface area contributed by atoms with Crippen molar-refractivity contribution in [2.75, 3.05) is 0 Å². The number of ether oxygens (including phenoxy) is 1. The number of nitrogens with zero attached hydrogens (tertiary/aromatic N) is 1. The molecule has 118 valence electrons. The Morgan fingerprint density at radius 2 is 1.29 bits per heavy atom. The lowest BCUT2D eigenvalue weighted by atomic mass is 10.0. The normalized spacial score (nSPS) is 10.2. The molecule has 0 saturated carbocycles. The first kappa shape index (κ1) is 15.6. The van der Waals surface area contributed by atoms with Crippen LogP contribution in [0.2, 0.25) is 0 Å². The second-order valence-corrected chi connectivity index (χ2v) is 4.99. The van der Waals surface area contributed by atoms with Crippen molar-refractivity contribution in [3.8, 4) is 5.75 Å². The van der Waals surface area contributed by atoms with Gasteiger partial charge in [0.25, 0.3) is 0 Å². The van der Waals surface area contributed by atoms with Crippen molar-refractivity contribution in [2.45, 2.75) is 0 Å². The van der Waals surface area contributed by atoms with Crippen LogP contribution < -0.4 is 4.74 Å². The van der Waals surface area contributed by atoms with Crippen molar-refractivity contribution in [1.82, 2.24) is 4.98 Å². The standard InChI is InChI=1S/C19H12FNO3/c20-16-5-1-13(2-6-16)18(22)14-3-7-17(8-4-14)24-19(23)15-9-11-21-12-10-15/h1-12H. The van der Waals surface area contributed by atoms with E-state index in [2.05, 4.69) is 4.98 Å². The molecule has 5 heteroatoms. The molecule has 0 atom stereocenters. The molecule has 0 radical (unpaired) electrons. The molecule has 0 amide bonds. The van der Waals surface area contributed by atoms with E-state index < -0.39 is 11.8 Å². The fourth-order valence-electron chi connectivity index (χ4n) is 2.10. The molecular weight excluding hydrogens is 309 g/mol. The van der Waals surface area contributed by atoms with Crippen molar-refractivity contribution in [1.29, 1.82) is 0 Å². The lowest BCUT2D eigenvalue weighted by molar-refractivity contribution is 0.0734. The van der Waals surface area contributed by atoms with E-state index in [4.69, 9.17) is 4.74 Å². The summed E-state index contributed by atoms with van der Waals surface area (Å²) in [5, 5.41) is 0. The van der Waals surface area contributed by atoms with E-state index in [1.807, 2.05) is 0 Å². The van der Waals surface area contributed by atoms with Crippen LogP contribution in [0.5, 0.6) is 5.75 Å². The number of aromatic nitrogens is 1. The van der Waals surface area contributed by atoms with Crippen LogP contribution in [0.15, 0.2) is 73.1 Å². The molecule has 0 spiro atoms. The molecule has 24 heavy (non-hydrogen) atoms. The van der Waals surface area contributed by atoms with E-state index in [1.165, 1.54) is 48.8 Å². The number of halogens is 1. The first-order valence-electron chi connectivity index (χ1n) is 7.16. The zero-order valence-corrected chi connectivity index (χ0v) is 12.5. The topological polar surface area (TPSA) is 56.3 Å². The zero-order valence-electron chi connectivity index (χ0n) is 12.5. The van der Waals surface area contributed by atoms with Crippen LogP contribution in [0.3, 0.4) is 0 Å². The number of hydrogen-bond acceptors (Lipinski definition) is 4. The summed E-state index contributed by atoms with van der Waals surface area (Å²) in [6, 6.07) is 14.6. The molecule has 2 aromatic carbocycles. The predicted molar refractivity (Wildman–Crippen MR) is 85.5 cm³/mol. The van der Waals surface area contributed by atoms with Crippen molar-refractivity contribution < 1.29 is 18.7 Å². The summed E-state index contributed by atoms with van der Waals surface area (Å²) in [6.07, 6.45) is 3.00. The Morgan fingerprint density at radius 3 is 1.88 bits per heavy atom. The Balaban J connectivity index is 1.72. The number of ketones is 1. The smallest absolute Gasteiger partial charge is 0.343 e. The quantitative estimate of drug-likeness (QED) is 0.418. The van der Waals surface area contributed by atoms with Gasteiger partial charge in [0.1, 0.15) is 11.6 Å². The molecule has 0 saturated heterocycles. The van der Waals surface area contributed by atoms with Crippen LogP contribution >= 0.6 is 0 Å². The Hall–Kier alpha value is -3.34. The van der Waals surface area contributed by atoms with Crippen LogP contribution in [0.4, 0.5) is 4.39 Å². The SMILES string of the molecule is O=C(Oc1ccc(C(=O)c2ccc(F)cc2)cc1)c1ccncc1. The van der Waals surface area contributed by atoms with Crippen LogP contribution in [0, 0.1) is 5.82 Å². The molecule has 0 fully saturated rings. The van der Waals surface area contributed by atoms with Gasteiger partial charge in [-0.3, -0.25) is 9.78 Å². The third kappa shape index (κ3) is 3.52. The van der Waals surface area contributed by atoms with Gasteiger partial charge in [0.2, 0.25) is 0 Å². The summed E-state index contributed by atoms with van der Waals surface area (Å²) in [5.74, 6) is -0.811. The molecule has 0 aliphatic carbocycles. The van der Waals surface area contributed by atoms with Gasteiger partial charge in [0.15, 0.2) is 5.78 Å². The molecule has 1 heterocycles. The summed E-state index contributed by atoms with van der Waals surface area (Å²) in [6.45, 7) is 0. The van der Waals surface area contributed by atoms with Gasteiger partial charge < -0.3 is 4.74 Å². The summed E-state index contributed by atoms with van der Waals surface area (Å²) in [7, 11) is 0. The molecule has 0 N–H and O–H groups in total. The third-order valence-electron chi connectivity index (χ3n) is 3.35. The van der Waals surface area contributed by atoms with Crippen LogP contribution in [-0.4, -0.2) is 16.7 Å². The maximum Gasteiger partial charge on any atom is 0.343 e. The minimum atomic E-state index is -0.505. The Bertz CT molecular complexity index is 859. The predicted octanol–water partition coefficient (Wildman–Crippen LogP) is 3.67. The van der Waals surface area contributed by atoms with Crippen LogP contribution in [0.25, 0.3) is 0 Å². The van der Waals surface area contributed by atoms with Gasteiger partial charge in [0, 0.05) is 23.5 Å². The van der Waals surface area contributed by atoms with E-state index >= 15 is 0 Å². The van der Waals surface area contributed by atoms with E-state index in [-0.39, 0.29) is 5.78 Å². The van der Waals surface area contributed by atoms with Gasteiger partial charge >= 0.3 is 5.97 Å². The fraction of sp³-hybridized carbons (Fsp3) is 0. The lowest BCUT2D eigenvalue weighted by Gasteiger charge is -2.05. The average molecular weight is 321 g/mol. The summed E-state index contributed by atoms with van der Waals surface area (Å²) >= 11 is 0. The van der Waals surface area contributed by atoms with Gasteiger partial charge in [-0.25, -0.2) is 9.18 Å². The first-order chi connectivity index (χ1) is 11.6. The lowest BCUT2D eigenvalue weighted by Crippen LogP contribution is -2.08. The zero-order chi connectivity index (χ0) is 16.9. The summed E-state index contributed by atoms with van der Waals surface area (Å²) in [4.78, 5) is 28.0. The van der Waals surface area contributed by atoms with Crippen molar-refractivity contribution >= 4 is 11.8 Å². The molecular formula is C19H12FNO3. The highest BCUT2D eigenvalue weighted by Crippen LogP contribution is 2.17. The molecule has 3 rings (SSSR count). The number of benzene rings is 2. The van der Waals surface area contributed by atoms with Gasteiger partial charge in [-0.2, -0.15) is 0 Å². The average Bonchev–Trinajstić information content (AvgIpc) is 2.63. The van der Waals surface area contributed by atoms with E-state index in [1.54, 1.807) is 24.3 Å². The van der Waals surface area contributed by atoms with Crippen molar-refractivity contribution in [3.05, 3.63) is 95.6 Å². The van der Waals surface area contributed by atoms with Gasteiger partial charge in [-0.05, 0) is 60.7 Å². The summed E-state index contributed by atoms with van der Waals surface area (Å²) < 4.78 is 18.1. The number of hydrogen-bond donors (Lipinski definition) is 0. The van der Waals surface area contributed by atoms with E-state index in [0.717, 1.165) is 0 Å². The molecule has 0 aliphatic rings. The maximum atomic E-state index is 12.9. The minimum absolute atomic E-state index is 0.234. The monoisotopic (exact) mass is 321 g/mol. The minimum Gasteiger partial charge on any atom is -0.423 e. The molecule has 0 aliphatic heterocycles. The Morgan fingerprint density at radius 1 is 0.750 bits per heavy atom. The van der Waals surface area contributed by atoms with Crippen LogP contribution in [-0.2, 0) is 0 Å². The largest absolute Gasteiger partial charge is 0.423 e. The highest BCUT2D eigenvalue weighted by Gasteiger charge is 2.11. The fourth-order valence-corrected chi connectivity index (χ4v) is 2.10. The van der Waals surface area contributed by atoms with Crippen molar-refractivity contribution in [2.24, 2.45) is 0 Å². The van der Waals surface area contributed by atoms with E-state index in [9.17, 15) is 14.0 Å². The highest BCUT2D eigenvalue weighted by atomic mass is 19.1. The Labute approximate surface area is 137 Å². The second kappa shape index (κ2) is 6.83. The maximum absolute atomic E-state index is 12.9. The molecule has 4 nitrogen and oxygen atoms in total. The highest BCUT2D eigenvalue weighted by molar-refractivity contribution is 6.09. The van der Waals surface area contributed by atoms with Gasteiger partial charge in [-0.1, -0.05) is 0 Å². The van der Waals surface area contributed by atoms with Gasteiger partial charge in [0.05, 0.1) is 5.56 Å². The molecule has 3 aromatic rings. The number of carbonyl (C=O) groups excluding carboxylic acids is 2. The third-order valence-corrected chi connectivity index (χ3v) is 3.35. The number of pyridine rings is 1. The van der Waals surface area contributed by atoms with Crippen molar-refractivity contribution in [3.63, 3.8) is 0 Å². The van der Waals surface area contributed by atoms with Crippen LogP contribution in [0.1, 0.15) is 26.3 Å². The second-order valence-electron chi connectivity index (χ2n) is 4.99. The van der Waals surface area contributed by atoms with E-state index in [0.29, 0.717) is 22.4 Å². The molecule has 0 unspecified atom stereocenters. The Kier molecular flexibility index (Phi) is 4.43. The number of esters is 1. The molecule has 1 aromatic heterocycles. The summed E-state index contributed by atoms with van der Waals surface area (Å²) in [5.41, 5.74) is 1.19.